The molecule has 1 fully saturated rings. The van der Waals surface area contributed by atoms with Crippen molar-refractivity contribution in [1.29, 1.82) is 0 Å². The van der Waals surface area contributed by atoms with Gasteiger partial charge in [-0.25, -0.2) is 0 Å². The van der Waals surface area contributed by atoms with E-state index < -0.39 is 5.60 Å². The highest BCUT2D eigenvalue weighted by Crippen LogP contribution is 2.26. The molecule has 2 N–H and O–H groups in total. The van der Waals surface area contributed by atoms with Crippen molar-refractivity contribution in [2.24, 2.45) is 0 Å². The fraction of sp³-hybridized carbons (Fsp3) is 0.500. The quantitative estimate of drug-likeness (QED) is 0.902. The highest BCUT2D eigenvalue weighted by atomic mass is 35.5. The van der Waals surface area contributed by atoms with Crippen LogP contribution in [0.25, 0.3) is 0 Å². The molecule has 1 amide bonds. The molecule has 1 heterocycles. The van der Waals surface area contributed by atoms with Crippen LogP contribution in [-0.4, -0.2) is 34.7 Å². The van der Waals surface area contributed by atoms with Crippen LogP contribution in [0.2, 0.25) is 5.02 Å². The minimum absolute atomic E-state index is 0.222. The van der Waals surface area contributed by atoms with Crippen molar-refractivity contribution >= 4 is 29.3 Å². The lowest BCUT2D eigenvalue weighted by molar-refractivity contribution is 0.0311. The van der Waals surface area contributed by atoms with Gasteiger partial charge in [-0.2, -0.15) is 11.8 Å². The van der Waals surface area contributed by atoms with Crippen LogP contribution in [-0.2, 0) is 0 Å². The highest BCUT2D eigenvalue weighted by Gasteiger charge is 2.30. The Morgan fingerprint density at radius 3 is 2.84 bits per heavy atom. The van der Waals surface area contributed by atoms with Gasteiger partial charge in [0.15, 0.2) is 0 Å². The Kier molecular flexibility index (Phi) is 4.76. The van der Waals surface area contributed by atoms with Crippen molar-refractivity contribution in [1.82, 2.24) is 5.32 Å². The summed E-state index contributed by atoms with van der Waals surface area (Å²) in [4.78, 5) is 12.1. The number of benzene rings is 1. The van der Waals surface area contributed by atoms with E-state index in [1.165, 1.54) is 0 Å². The molecule has 0 bridgehead atoms. The molecule has 0 saturated carbocycles. The van der Waals surface area contributed by atoms with E-state index in [4.69, 9.17) is 11.6 Å². The van der Waals surface area contributed by atoms with Crippen LogP contribution < -0.4 is 5.32 Å². The first-order valence-corrected chi connectivity index (χ1v) is 7.88. The third-order valence-electron chi connectivity index (χ3n) is 3.44. The summed E-state index contributed by atoms with van der Waals surface area (Å²) in [5.74, 6) is 1.66. The molecule has 0 aliphatic carbocycles. The van der Waals surface area contributed by atoms with Gasteiger partial charge in [0, 0.05) is 6.54 Å². The van der Waals surface area contributed by atoms with Crippen molar-refractivity contribution in [2.45, 2.75) is 25.4 Å². The fourth-order valence-corrected chi connectivity index (χ4v) is 3.56. The highest BCUT2D eigenvalue weighted by molar-refractivity contribution is 7.99. The van der Waals surface area contributed by atoms with Crippen LogP contribution in [0, 0.1) is 6.92 Å². The second kappa shape index (κ2) is 6.16. The standard InChI is InChI=1S/C14H18ClNO2S/c1-10-3-2-4-11(12(10)15)13(17)16-9-14(18)5-7-19-8-6-14/h2-4,18H,5-9H2,1H3,(H,16,17). The van der Waals surface area contributed by atoms with Gasteiger partial charge < -0.3 is 10.4 Å². The predicted octanol–water partition coefficient (Wildman–Crippen LogP) is 2.64. The van der Waals surface area contributed by atoms with Crippen LogP contribution >= 0.6 is 23.4 Å². The van der Waals surface area contributed by atoms with Crippen molar-refractivity contribution in [3.63, 3.8) is 0 Å². The maximum Gasteiger partial charge on any atom is 0.252 e. The molecule has 1 saturated heterocycles. The molecule has 3 nitrogen and oxygen atoms in total. The summed E-state index contributed by atoms with van der Waals surface area (Å²) in [7, 11) is 0. The van der Waals surface area contributed by atoms with Crippen LogP contribution in [0.1, 0.15) is 28.8 Å². The molecule has 5 heteroatoms. The van der Waals surface area contributed by atoms with Gasteiger partial charge in [-0.1, -0.05) is 23.7 Å². The monoisotopic (exact) mass is 299 g/mol. The van der Waals surface area contributed by atoms with Crippen LogP contribution in [0.4, 0.5) is 0 Å². The van der Waals surface area contributed by atoms with Gasteiger partial charge in [0.1, 0.15) is 0 Å². The van der Waals surface area contributed by atoms with Crippen molar-refractivity contribution in [2.75, 3.05) is 18.1 Å². The molecule has 104 valence electrons. The van der Waals surface area contributed by atoms with Crippen molar-refractivity contribution in [3.8, 4) is 0 Å². The van der Waals surface area contributed by atoms with E-state index in [1.807, 2.05) is 30.8 Å². The first-order valence-electron chi connectivity index (χ1n) is 6.35. The molecule has 0 unspecified atom stereocenters. The fourth-order valence-electron chi connectivity index (χ4n) is 2.09. The van der Waals surface area contributed by atoms with Crippen LogP contribution in [0.15, 0.2) is 18.2 Å². The van der Waals surface area contributed by atoms with Gasteiger partial charge in [-0.15, -0.1) is 0 Å². The Balaban J connectivity index is 1.99. The average molecular weight is 300 g/mol. The predicted molar refractivity (Wildman–Crippen MR) is 80.0 cm³/mol. The molecule has 1 aliphatic heterocycles. The maximum absolute atomic E-state index is 12.1. The van der Waals surface area contributed by atoms with E-state index in [1.54, 1.807) is 6.07 Å². The summed E-state index contributed by atoms with van der Waals surface area (Å²) in [5, 5.41) is 13.6. The SMILES string of the molecule is Cc1cccc(C(=O)NCC2(O)CCSCC2)c1Cl. The molecular formula is C14H18ClNO2S. The number of aliphatic hydroxyl groups is 1. The smallest absolute Gasteiger partial charge is 0.252 e. The van der Waals surface area contributed by atoms with E-state index in [0.29, 0.717) is 10.6 Å². The van der Waals surface area contributed by atoms with E-state index in [-0.39, 0.29) is 12.5 Å². The summed E-state index contributed by atoms with van der Waals surface area (Å²) in [5.41, 5.74) is 0.578. The zero-order valence-electron chi connectivity index (χ0n) is 10.9. The van der Waals surface area contributed by atoms with Crippen LogP contribution in [0.5, 0.6) is 0 Å². The Morgan fingerprint density at radius 1 is 1.47 bits per heavy atom. The summed E-state index contributed by atoms with van der Waals surface area (Å²) < 4.78 is 0. The van der Waals surface area contributed by atoms with Crippen molar-refractivity contribution in [3.05, 3.63) is 34.3 Å². The molecule has 1 aromatic carbocycles. The second-order valence-corrected chi connectivity index (χ2v) is 6.56. The molecular weight excluding hydrogens is 282 g/mol. The van der Waals surface area contributed by atoms with E-state index >= 15 is 0 Å². The van der Waals surface area contributed by atoms with E-state index in [9.17, 15) is 9.90 Å². The zero-order valence-corrected chi connectivity index (χ0v) is 12.5. The lowest BCUT2D eigenvalue weighted by atomic mass is 9.96. The summed E-state index contributed by atoms with van der Waals surface area (Å²) in [6.45, 7) is 2.15. The number of halogens is 1. The molecule has 1 aliphatic rings. The molecule has 0 radical (unpaired) electrons. The van der Waals surface area contributed by atoms with E-state index in [2.05, 4.69) is 5.32 Å². The Hall–Kier alpha value is -0.710. The van der Waals surface area contributed by atoms with E-state index in [0.717, 1.165) is 29.9 Å². The number of hydrogen-bond donors (Lipinski definition) is 2. The number of nitrogens with one attached hydrogen (secondary N) is 1. The van der Waals surface area contributed by atoms with Crippen molar-refractivity contribution < 1.29 is 9.90 Å². The molecule has 0 atom stereocenters. The maximum atomic E-state index is 12.1. The Labute approximate surface area is 122 Å². The third kappa shape index (κ3) is 3.65. The number of rotatable bonds is 3. The summed E-state index contributed by atoms with van der Waals surface area (Å²) >= 11 is 7.96. The second-order valence-electron chi connectivity index (χ2n) is 4.96. The van der Waals surface area contributed by atoms with Gasteiger partial charge in [-0.3, -0.25) is 4.79 Å². The first kappa shape index (κ1) is 14.7. The topological polar surface area (TPSA) is 49.3 Å². The third-order valence-corrected chi connectivity index (χ3v) is 4.93. The number of aryl methyl sites for hydroxylation is 1. The molecule has 1 aromatic rings. The first-order chi connectivity index (χ1) is 9.02. The minimum Gasteiger partial charge on any atom is -0.388 e. The lowest BCUT2D eigenvalue weighted by Gasteiger charge is -2.31. The van der Waals surface area contributed by atoms with Gasteiger partial charge in [0.25, 0.3) is 5.91 Å². The van der Waals surface area contributed by atoms with Gasteiger partial charge >= 0.3 is 0 Å². The molecule has 0 spiro atoms. The Morgan fingerprint density at radius 2 is 2.16 bits per heavy atom. The van der Waals surface area contributed by atoms with Crippen LogP contribution in [0.3, 0.4) is 0 Å². The number of thioether (sulfide) groups is 1. The molecule has 19 heavy (non-hydrogen) atoms. The van der Waals surface area contributed by atoms with Gasteiger partial charge in [-0.05, 0) is 42.9 Å². The number of hydrogen-bond acceptors (Lipinski definition) is 3. The molecule has 0 aromatic heterocycles. The zero-order chi connectivity index (χ0) is 13.9. The number of amides is 1. The van der Waals surface area contributed by atoms with Gasteiger partial charge in [0.05, 0.1) is 16.2 Å². The summed E-state index contributed by atoms with van der Waals surface area (Å²) in [6.07, 6.45) is 1.44. The summed E-state index contributed by atoms with van der Waals surface area (Å²) in [6, 6.07) is 5.37. The Bertz CT molecular complexity index is 473. The number of carbonyl (C=O) groups is 1. The van der Waals surface area contributed by atoms with Gasteiger partial charge in [0.2, 0.25) is 0 Å². The average Bonchev–Trinajstić information content (AvgIpc) is 2.40. The molecule has 2 rings (SSSR count). The normalized spacial score (nSPS) is 18.1. The number of carbonyl (C=O) groups excluding carboxylic acids is 1. The minimum atomic E-state index is -0.767. The largest absolute Gasteiger partial charge is 0.388 e. The lowest BCUT2D eigenvalue weighted by Crippen LogP contribution is -2.45.